The summed E-state index contributed by atoms with van der Waals surface area (Å²) in [4.78, 5) is 12.8. The number of carbonyl (C=O) groups is 1. The first kappa shape index (κ1) is 49.4. The van der Waals surface area contributed by atoms with Crippen molar-refractivity contribution >= 4 is 5.91 Å². The lowest BCUT2D eigenvalue weighted by atomic mass is 10.0. The molecular formula is C42H87NO5. The molecule has 0 aliphatic heterocycles. The molecule has 0 rings (SSSR count). The van der Waals surface area contributed by atoms with Crippen LogP contribution in [0.5, 0.6) is 0 Å². The van der Waals surface area contributed by atoms with Crippen molar-refractivity contribution < 1.29 is 24.1 Å². The molecule has 0 saturated carbocycles. The van der Waals surface area contributed by atoms with Crippen molar-refractivity contribution in [3.8, 4) is 0 Å². The maximum atomic E-state index is 12.8. The van der Waals surface area contributed by atoms with E-state index in [9.17, 15) is 4.79 Å². The van der Waals surface area contributed by atoms with Crippen LogP contribution in [0.1, 0.15) is 208 Å². The molecule has 0 heterocycles. The van der Waals surface area contributed by atoms with E-state index in [0.717, 1.165) is 46.0 Å². The molecule has 1 unspecified atom stereocenters. The lowest BCUT2D eigenvalue weighted by Crippen LogP contribution is -2.45. The Morgan fingerprint density at radius 2 is 0.979 bits per heavy atom. The number of amides is 1. The van der Waals surface area contributed by atoms with Crippen LogP contribution in [0.4, 0.5) is 0 Å². The van der Waals surface area contributed by atoms with Crippen LogP contribution in [0.15, 0.2) is 0 Å². The van der Waals surface area contributed by atoms with Gasteiger partial charge < -0.3 is 24.6 Å². The average Bonchev–Trinajstić information content (AvgIpc) is 3.07. The molecule has 0 bridgehead atoms. The van der Waals surface area contributed by atoms with Crippen molar-refractivity contribution in [2.45, 2.75) is 220 Å². The van der Waals surface area contributed by atoms with Gasteiger partial charge >= 0.3 is 0 Å². The van der Waals surface area contributed by atoms with Crippen LogP contribution in [-0.4, -0.2) is 62.8 Å². The van der Waals surface area contributed by atoms with Gasteiger partial charge in [0.2, 0.25) is 0 Å². The van der Waals surface area contributed by atoms with E-state index in [1.54, 1.807) is 0 Å². The number of carbonyl (C=O) groups excluding carboxylic acids is 1. The summed E-state index contributed by atoms with van der Waals surface area (Å²) < 4.78 is 18.3. The van der Waals surface area contributed by atoms with Crippen LogP contribution >= 0.6 is 0 Å². The van der Waals surface area contributed by atoms with Crippen molar-refractivity contribution in [2.75, 3.05) is 40.1 Å². The highest BCUT2D eigenvalue weighted by atomic mass is 16.5. The van der Waals surface area contributed by atoms with Crippen molar-refractivity contribution in [1.82, 2.24) is 5.32 Å². The summed E-state index contributed by atoms with van der Waals surface area (Å²) in [5.41, 5.74) is -0.814. The fourth-order valence-electron chi connectivity index (χ4n) is 5.84. The molecule has 290 valence electrons. The topological polar surface area (TPSA) is 77.0 Å². The van der Waals surface area contributed by atoms with Gasteiger partial charge in [-0.15, -0.1) is 0 Å². The van der Waals surface area contributed by atoms with Gasteiger partial charge in [-0.25, -0.2) is 0 Å². The molecule has 6 heteroatoms. The zero-order chi connectivity index (χ0) is 36.0. The number of rotatable bonds is 37. The van der Waals surface area contributed by atoms with Crippen molar-refractivity contribution in [3.05, 3.63) is 0 Å². The first-order valence-electron chi connectivity index (χ1n) is 20.9. The van der Waals surface area contributed by atoms with E-state index in [4.69, 9.17) is 19.3 Å². The van der Waals surface area contributed by atoms with Gasteiger partial charge in [0, 0.05) is 33.5 Å². The third-order valence-corrected chi connectivity index (χ3v) is 9.25. The molecule has 2 N–H and O–H groups in total. The van der Waals surface area contributed by atoms with Gasteiger partial charge in [0.05, 0.1) is 12.7 Å². The minimum absolute atomic E-state index is 0.0238. The highest BCUT2D eigenvalue weighted by molar-refractivity contribution is 5.84. The molecule has 48 heavy (non-hydrogen) atoms. The normalized spacial score (nSPS) is 12.3. The molecular weight excluding hydrogens is 598 g/mol. The minimum atomic E-state index is -0.814. The quantitative estimate of drug-likeness (QED) is 0.0637. The third kappa shape index (κ3) is 36.6. The van der Waals surface area contributed by atoms with Gasteiger partial charge in [0.15, 0.2) is 0 Å². The molecule has 0 aromatic carbocycles. The standard InChI is InChI=1S/C41H83NO4.CH4O/c1-7-9-11-13-15-17-18-19-20-21-22-23-24-26-28-30-35-45-39(37-44-34-29-27-25-16-14-12-10-8-2)31-33-42-40(43)41(5,6)46-36-32-38(3)4;1-2/h38-39H,7-37H2,1-6H3,(H,42,43);2H,1H3. The predicted octanol–water partition coefficient (Wildman–Crippen LogP) is 11.7. The Kier molecular flexibility index (Phi) is 40.3. The zero-order valence-electron chi connectivity index (χ0n) is 33.7. The summed E-state index contributed by atoms with van der Waals surface area (Å²) in [5.74, 6) is 0.518. The average molecular weight is 686 g/mol. The van der Waals surface area contributed by atoms with Gasteiger partial charge in [-0.05, 0) is 45.4 Å². The van der Waals surface area contributed by atoms with E-state index in [2.05, 4.69) is 33.0 Å². The first-order chi connectivity index (χ1) is 23.3. The Balaban J connectivity index is 0. The number of aliphatic hydroxyl groups excluding tert-OH is 1. The Morgan fingerprint density at radius 3 is 1.40 bits per heavy atom. The largest absolute Gasteiger partial charge is 0.400 e. The van der Waals surface area contributed by atoms with Gasteiger partial charge in [-0.2, -0.15) is 0 Å². The molecule has 0 aromatic rings. The van der Waals surface area contributed by atoms with E-state index in [1.807, 2.05) is 13.8 Å². The highest BCUT2D eigenvalue weighted by Gasteiger charge is 2.28. The molecule has 0 aliphatic carbocycles. The van der Waals surface area contributed by atoms with Crippen LogP contribution in [0.25, 0.3) is 0 Å². The van der Waals surface area contributed by atoms with E-state index < -0.39 is 5.60 Å². The van der Waals surface area contributed by atoms with Gasteiger partial charge in [0.1, 0.15) is 5.60 Å². The maximum Gasteiger partial charge on any atom is 0.251 e. The smallest absolute Gasteiger partial charge is 0.251 e. The highest BCUT2D eigenvalue weighted by Crippen LogP contribution is 2.15. The van der Waals surface area contributed by atoms with Crippen molar-refractivity contribution in [2.24, 2.45) is 5.92 Å². The Labute approximate surface area is 301 Å². The van der Waals surface area contributed by atoms with Gasteiger partial charge in [-0.3, -0.25) is 4.79 Å². The molecule has 0 spiro atoms. The molecule has 0 radical (unpaired) electrons. The molecule has 0 aliphatic rings. The Bertz CT molecular complexity index is 627. The Morgan fingerprint density at radius 1 is 0.583 bits per heavy atom. The van der Waals surface area contributed by atoms with Crippen LogP contribution in [0, 0.1) is 5.92 Å². The van der Waals surface area contributed by atoms with Crippen LogP contribution in [0.3, 0.4) is 0 Å². The summed E-state index contributed by atoms with van der Waals surface area (Å²) in [7, 11) is 1.00. The van der Waals surface area contributed by atoms with Crippen molar-refractivity contribution in [1.29, 1.82) is 0 Å². The predicted molar refractivity (Wildman–Crippen MR) is 208 cm³/mol. The summed E-state index contributed by atoms with van der Waals surface area (Å²) in [6, 6.07) is 0. The minimum Gasteiger partial charge on any atom is -0.400 e. The number of aliphatic hydroxyl groups is 1. The van der Waals surface area contributed by atoms with E-state index >= 15 is 0 Å². The third-order valence-electron chi connectivity index (χ3n) is 9.25. The number of ether oxygens (including phenoxy) is 3. The lowest BCUT2D eigenvalue weighted by molar-refractivity contribution is -0.143. The van der Waals surface area contributed by atoms with E-state index in [1.165, 1.54) is 141 Å². The summed E-state index contributed by atoms with van der Waals surface area (Å²) in [6.07, 6.45) is 34.2. The second kappa shape index (κ2) is 39.1. The number of hydrogen-bond donors (Lipinski definition) is 2. The summed E-state index contributed by atoms with van der Waals surface area (Å²) >= 11 is 0. The monoisotopic (exact) mass is 686 g/mol. The second-order valence-corrected chi connectivity index (χ2v) is 14.9. The van der Waals surface area contributed by atoms with Gasteiger partial charge in [-0.1, -0.05) is 169 Å². The molecule has 6 nitrogen and oxygen atoms in total. The van der Waals surface area contributed by atoms with Crippen LogP contribution in [0.2, 0.25) is 0 Å². The van der Waals surface area contributed by atoms with E-state index in [0.29, 0.717) is 25.7 Å². The van der Waals surface area contributed by atoms with Crippen LogP contribution in [-0.2, 0) is 19.0 Å². The van der Waals surface area contributed by atoms with Crippen molar-refractivity contribution in [3.63, 3.8) is 0 Å². The van der Waals surface area contributed by atoms with Gasteiger partial charge in [0.25, 0.3) is 5.91 Å². The molecule has 0 fully saturated rings. The fourth-order valence-corrected chi connectivity index (χ4v) is 5.84. The number of nitrogens with one attached hydrogen (secondary N) is 1. The Hall–Kier alpha value is -0.690. The molecule has 0 aromatic heterocycles. The lowest BCUT2D eigenvalue weighted by Gasteiger charge is -2.25. The summed E-state index contributed by atoms with van der Waals surface area (Å²) in [6.45, 7) is 16.0. The summed E-state index contributed by atoms with van der Waals surface area (Å²) in [5, 5.41) is 10.1. The molecule has 1 amide bonds. The first-order valence-corrected chi connectivity index (χ1v) is 20.9. The molecule has 0 saturated heterocycles. The maximum absolute atomic E-state index is 12.8. The fraction of sp³-hybridized carbons (Fsp3) is 0.976. The SMILES string of the molecule is CCCCCCCCCCCCCCCCCCOC(CCNC(=O)C(C)(C)OCCC(C)C)COCCCCCCCCCC.CO. The van der Waals surface area contributed by atoms with Crippen LogP contribution < -0.4 is 5.32 Å². The zero-order valence-corrected chi connectivity index (χ0v) is 33.7. The number of hydrogen-bond acceptors (Lipinski definition) is 5. The molecule has 1 atom stereocenters. The second-order valence-electron chi connectivity index (χ2n) is 14.9. The van der Waals surface area contributed by atoms with E-state index in [-0.39, 0.29) is 12.0 Å². The number of unbranched alkanes of at least 4 members (excludes halogenated alkanes) is 22.